The summed E-state index contributed by atoms with van der Waals surface area (Å²) in [5.74, 6) is 1.39. The van der Waals surface area contributed by atoms with Gasteiger partial charge in [0.05, 0.1) is 19.8 Å². The lowest BCUT2D eigenvalue weighted by molar-refractivity contribution is 0.0545. The van der Waals surface area contributed by atoms with Gasteiger partial charge in [0.25, 0.3) is 0 Å². The zero-order valence-electron chi connectivity index (χ0n) is 15.2. The van der Waals surface area contributed by atoms with E-state index in [1.165, 1.54) is 27.5 Å². The van der Waals surface area contributed by atoms with E-state index < -0.39 is 0 Å². The molecule has 0 aliphatic heterocycles. The topological polar surface area (TPSA) is 27.7 Å². The maximum atomic E-state index is 6.09. The maximum Gasteiger partial charge on any atom is 0.127 e. The third kappa shape index (κ3) is 4.12. The molecule has 2 aliphatic rings. The van der Waals surface area contributed by atoms with Gasteiger partial charge in [-0.15, -0.1) is 0 Å². The molecule has 3 heteroatoms. The Morgan fingerprint density at radius 2 is 1.68 bits per heavy atom. The zero-order valence-corrected chi connectivity index (χ0v) is 15.2. The smallest absolute Gasteiger partial charge is 0.127 e. The Morgan fingerprint density at radius 1 is 0.880 bits per heavy atom. The first-order valence-electron chi connectivity index (χ1n) is 8.85. The van der Waals surface area contributed by atoms with Crippen LogP contribution in [0.25, 0.3) is 21.9 Å². The minimum Gasteiger partial charge on any atom is -0.491 e. The summed E-state index contributed by atoms with van der Waals surface area (Å²) < 4.78 is 16.6. The Labute approximate surface area is 149 Å². The Morgan fingerprint density at radius 3 is 2.48 bits per heavy atom. The van der Waals surface area contributed by atoms with E-state index in [0.29, 0.717) is 32.3 Å². The van der Waals surface area contributed by atoms with Gasteiger partial charge in [-0.05, 0) is 39.9 Å². The molecule has 0 radical (unpaired) electrons. The Kier molecular flexibility index (Phi) is 5.90. The highest BCUT2D eigenvalue weighted by Gasteiger charge is 2.15. The van der Waals surface area contributed by atoms with Gasteiger partial charge in [-0.3, -0.25) is 0 Å². The average molecular weight is 338 g/mol. The summed E-state index contributed by atoms with van der Waals surface area (Å²) >= 11 is 0. The molecule has 25 heavy (non-hydrogen) atoms. The van der Waals surface area contributed by atoms with Gasteiger partial charge in [-0.2, -0.15) is 0 Å². The average Bonchev–Trinajstić information content (AvgIpc) is 2.87. The van der Waals surface area contributed by atoms with Gasteiger partial charge in [0, 0.05) is 12.7 Å². The van der Waals surface area contributed by atoms with Crippen LogP contribution < -0.4 is 4.74 Å². The van der Waals surface area contributed by atoms with E-state index >= 15 is 0 Å². The third-order valence-electron chi connectivity index (χ3n) is 4.41. The summed E-state index contributed by atoms with van der Waals surface area (Å²) in [6, 6.07) is 17.3. The van der Waals surface area contributed by atoms with E-state index in [1.54, 1.807) is 7.11 Å². The maximum absolute atomic E-state index is 6.09. The van der Waals surface area contributed by atoms with Crippen molar-refractivity contribution in [2.24, 2.45) is 0 Å². The van der Waals surface area contributed by atoms with Crippen molar-refractivity contribution >= 4 is 10.8 Å². The summed E-state index contributed by atoms with van der Waals surface area (Å²) in [5, 5.41) is 2.48. The predicted molar refractivity (Wildman–Crippen MR) is 103 cm³/mol. The second kappa shape index (κ2) is 8.32. The van der Waals surface area contributed by atoms with Crippen LogP contribution in [0, 0.1) is 0 Å². The monoisotopic (exact) mass is 338 g/mol. The first-order valence-corrected chi connectivity index (χ1v) is 8.85. The second-order valence-electron chi connectivity index (χ2n) is 6.51. The highest BCUT2D eigenvalue weighted by atomic mass is 16.5. The van der Waals surface area contributed by atoms with Crippen molar-refractivity contribution in [1.29, 1.82) is 0 Å². The van der Waals surface area contributed by atoms with Crippen molar-refractivity contribution in [3.05, 3.63) is 54.1 Å². The molecule has 1 aromatic rings. The molecule has 0 atom stereocenters. The standard InChI is InChI=1S/C22H26O3/c1-16(2)17-8-9-21(25-13-12-24-11-10-23-3)22-19(14-17)15-18-6-4-5-7-20(18)22/h4-9,14-16H,10-13H2,1-3H3. The van der Waals surface area contributed by atoms with Crippen LogP contribution >= 0.6 is 0 Å². The molecule has 0 spiro atoms. The van der Waals surface area contributed by atoms with Crippen molar-refractivity contribution in [1.82, 2.24) is 0 Å². The summed E-state index contributed by atoms with van der Waals surface area (Å²) in [5.41, 5.74) is 3.72. The van der Waals surface area contributed by atoms with Crippen molar-refractivity contribution in [3.63, 3.8) is 0 Å². The molecule has 0 unspecified atom stereocenters. The van der Waals surface area contributed by atoms with E-state index in [1.807, 2.05) is 0 Å². The molecule has 0 aromatic heterocycles. The zero-order chi connectivity index (χ0) is 17.6. The molecule has 0 saturated heterocycles. The van der Waals surface area contributed by atoms with Crippen LogP contribution in [0.4, 0.5) is 0 Å². The van der Waals surface area contributed by atoms with E-state index in [9.17, 15) is 0 Å². The lowest BCUT2D eigenvalue weighted by atomic mass is 10.0. The molecule has 1 aromatic carbocycles. The van der Waals surface area contributed by atoms with Crippen LogP contribution in [-0.4, -0.2) is 33.5 Å². The summed E-state index contributed by atoms with van der Waals surface area (Å²) in [6.45, 7) is 6.71. The third-order valence-corrected chi connectivity index (χ3v) is 4.41. The Balaban J connectivity index is 1.90. The number of benzene rings is 1. The Bertz CT molecular complexity index is 795. The molecule has 0 amide bonds. The van der Waals surface area contributed by atoms with Gasteiger partial charge in [0.15, 0.2) is 0 Å². The number of hydrogen-bond donors (Lipinski definition) is 0. The molecule has 3 rings (SSSR count). The number of fused-ring (bicyclic) bond motifs is 3. The van der Waals surface area contributed by atoms with Crippen molar-refractivity contribution < 1.29 is 14.2 Å². The van der Waals surface area contributed by atoms with E-state index in [-0.39, 0.29) is 0 Å². The SMILES string of the molecule is COCCOCCOc1ccc(C(C)C)cc2cc3ccccc3c1-2. The van der Waals surface area contributed by atoms with Gasteiger partial charge < -0.3 is 14.2 Å². The fraction of sp³-hybridized carbons (Fsp3) is 0.364. The lowest BCUT2D eigenvalue weighted by Gasteiger charge is -2.09. The van der Waals surface area contributed by atoms with Crippen LogP contribution in [-0.2, 0) is 9.47 Å². The van der Waals surface area contributed by atoms with Gasteiger partial charge in [0.1, 0.15) is 12.4 Å². The molecule has 2 aliphatic carbocycles. The second-order valence-corrected chi connectivity index (χ2v) is 6.51. The fourth-order valence-corrected chi connectivity index (χ4v) is 3.05. The number of hydrogen-bond acceptors (Lipinski definition) is 3. The van der Waals surface area contributed by atoms with Crippen molar-refractivity contribution in [2.75, 3.05) is 33.5 Å². The largest absolute Gasteiger partial charge is 0.491 e. The Hall–Kier alpha value is -2.10. The predicted octanol–water partition coefficient (Wildman–Crippen LogP) is 5.11. The fourth-order valence-electron chi connectivity index (χ4n) is 3.05. The van der Waals surface area contributed by atoms with E-state index in [4.69, 9.17) is 14.2 Å². The molecule has 0 bridgehead atoms. The minimum atomic E-state index is 0.471. The van der Waals surface area contributed by atoms with Crippen LogP contribution in [0.5, 0.6) is 5.75 Å². The highest BCUT2D eigenvalue weighted by molar-refractivity contribution is 6.04. The van der Waals surface area contributed by atoms with Gasteiger partial charge >= 0.3 is 0 Å². The van der Waals surface area contributed by atoms with Crippen molar-refractivity contribution in [2.45, 2.75) is 19.8 Å². The van der Waals surface area contributed by atoms with E-state index in [0.717, 1.165) is 5.75 Å². The molecule has 0 heterocycles. The van der Waals surface area contributed by atoms with Crippen LogP contribution in [0.3, 0.4) is 0 Å². The van der Waals surface area contributed by atoms with Gasteiger partial charge in [0.2, 0.25) is 0 Å². The van der Waals surface area contributed by atoms with Crippen LogP contribution in [0.15, 0.2) is 48.5 Å². The molecule has 0 N–H and O–H groups in total. The number of ether oxygens (including phenoxy) is 3. The minimum absolute atomic E-state index is 0.471. The van der Waals surface area contributed by atoms with E-state index in [2.05, 4.69) is 62.4 Å². The molecule has 3 nitrogen and oxygen atoms in total. The molecular formula is C22H26O3. The number of rotatable bonds is 8. The first kappa shape index (κ1) is 17.7. The van der Waals surface area contributed by atoms with Crippen LogP contribution in [0.2, 0.25) is 0 Å². The summed E-state index contributed by atoms with van der Waals surface area (Å²) in [6.07, 6.45) is 0. The van der Waals surface area contributed by atoms with Gasteiger partial charge in [-0.25, -0.2) is 0 Å². The molecular weight excluding hydrogens is 312 g/mol. The quantitative estimate of drug-likeness (QED) is 0.534. The number of methoxy groups -OCH3 is 1. The summed E-state index contributed by atoms with van der Waals surface area (Å²) in [7, 11) is 1.67. The summed E-state index contributed by atoms with van der Waals surface area (Å²) in [4.78, 5) is 0. The highest BCUT2D eigenvalue weighted by Crippen LogP contribution is 2.41. The normalized spacial score (nSPS) is 11.5. The molecule has 0 fully saturated rings. The van der Waals surface area contributed by atoms with Crippen LogP contribution in [0.1, 0.15) is 25.3 Å². The molecule has 0 saturated carbocycles. The first-order chi connectivity index (χ1) is 12.2. The van der Waals surface area contributed by atoms with Crippen molar-refractivity contribution in [3.8, 4) is 16.9 Å². The lowest BCUT2D eigenvalue weighted by Crippen LogP contribution is -2.10. The van der Waals surface area contributed by atoms with Gasteiger partial charge in [-0.1, -0.05) is 50.2 Å². The molecule has 132 valence electrons.